The summed E-state index contributed by atoms with van der Waals surface area (Å²) in [5.41, 5.74) is 0. The zero-order valence-electron chi connectivity index (χ0n) is 12.0. The van der Waals surface area contributed by atoms with Gasteiger partial charge in [0.05, 0.1) is 23.2 Å². The van der Waals surface area contributed by atoms with Crippen molar-refractivity contribution in [2.45, 2.75) is 45.0 Å². The predicted molar refractivity (Wildman–Crippen MR) is 78.2 cm³/mol. The summed E-state index contributed by atoms with van der Waals surface area (Å²) in [4.78, 5) is 16.5. The molecule has 4 nitrogen and oxygen atoms in total. The lowest BCUT2D eigenvalue weighted by atomic mass is 10.2. The number of carbonyl (C=O) groups excluding carboxylic acids is 1. The summed E-state index contributed by atoms with van der Waals surface area (Å²) in [7, 11) is 0. The van der Waals surface area contributed by atoms with Crippen LogP contribution in [0, 0.1) is 0 Å². The molecule has 0 aliphatic carbocycles. The molecule has 2 aliphatic heterocycles. The van der Waals surface area contributed by atoms with Gasteiger partial charge in [-0.05, 0) is 38.8 Å². The number of rotatable bonds is 2. The fourth-order valence-corrected chi connectivity index (χ4v) is 4.00. The van der Waals surface area contributed by atoms with Gasteiger partial charge in [-0.25, -0.2) is 0 Å². The van der Waals surface area contributed by atoms with Crippen LogP contribution in [-0.4, -0.2) is 42.7 Å². The van der Waals surface area contributed by atoms with E-state index in [0.29, 0.717) is 13.1 Å². The molecule has 1 amide bonds. The molecule has 3 rings (SSSR count). The third-order valence-electron chi connectivity index (χ3n) is 3.79. The molecule has 2 saturated heterocycles. The minimum absolute atomic E-state index is 0.111. The van der Waals surface area contributed by atoms with Crippen LogP contribution >= 0.6 is 11.3 Å². The summed E-state index contributed by atoms with van der Waals surface area (Å²) in [6.45, 7) is 6.22. The Morgan fingerprint density at radius 2 is 2.05 bits per heavy atom. The Hall–Kier alpha value is -0.910. The van der Waals surface area contributed by atoms with Crippen LogP contribution in [-0.2, 0) is 9.47 Å². The van der Waals surface area contributed by atoms with E-state index in [1.807, 2.05) is 30.9 Å². The van der Waals surface area contributed by atoms with Crippen molar-refractivity contribution < 1.29 is 14.3 Å². The lowest BCUT2D eigenvalue weighted by molar-refractivity contribution is -0.0585. The van der Waals surface area contributed by atoms with Crippen LogP contribution in [0.15, 0.2) is 12.1 Å². The molecule has 0 bridgehead atoms. The predicted octanol–water partition coefficient (Wildman–Crippen LogP) is 2.85. The van der Waals surface area contributed by atoms with Crippen molar-refractivity contribution in [2.75, 3.05) is 19.7 Å². The van der Waals surface area contributed by atoms with Crippen LogP contribution in [0.3, 0.4) is 0 Å². The van der Waals surface area contributed by atoms with E-state index < -0.39 is 0 Å². The van der Waals surface area contributed by atoms with Crippen molar-refractivity contribution in [2.24, 2.45) is 0 Å². The summed E-state index contributed by atoms with van der Waals surface area (Å²) in [6.07, 6.45) is 2.61. The van der Waals surface area contributed by atoms with Gasteiger partial charge < -0.3 is 14.4 Å². The molecule has 1 aromatic rings. The van der Waals surface area contributed by atoms with E-state index in [9.17, 15) is 4.79 Å². The van der Waals surface area contributed by atoms with Crippen molar-refractivity contribution in [3.8, 4) is 0 Å². The van der Waals surface area contributed by atoms with Crippen LogP contribution < -0.4 is 0 Å². The van der Waals surface area contributed by atoms with Crippen molar-refractivity contribution in [3.05, 3.63) is 21.9 Å². The molecule has 20 heavy (non-hydrogen) atoms. The highest BCUT2D eigenvalue weighted by atomic mass is 32.1. The normalized spacial score (nSPS) is 30.7. The highest BCUT2D eigenvalue weighted by molar-refractivity contribution is 7.14. The third kappa shape index (κ3) is 2.90. The smallest absolute Gasteiger partial charge is 0.264 e. The first-order chi connectivity index (χ1) is 9.63. The second-order valence-corrected chi connectivity index (χ2v) is 6.79. The highest BCUT2D eigenvalue weighted by Crippen LogP contribution is 2.33. The van der Waals surface area contributed by atoms with Gasteiger partial charge >= 0.3 is 0 Å². The van der Waals surface area contributed by atoms with Crippen molar-refractivity contribution in [1.29, 1.82) is 0 Å². The van der Waals surface area contributed by atoms with Gasteiger partial charge in [0.25, 0.3) is 5.91 Å². The third-order valence-corrected chi connectivity index (χ3v) is 4.96. The molecule has 0 saturated carbocycles. The van der Waals surface area contributed by atoms with Crippen LogP contribution in [0.2, 0.25) is 0 Å². The van der Waals surface area contributed by atoms with E-state index in [2.05, 4.69) is 0 Å². The zero-order valence-corrected chi connectivity index (χ0v) is 12.8. The minimum atomic E-state index is 0.111. The summed E-state index contributed by atoms with van der Waals surface area (Å²) >= 11 is 1.58. The number of morpholine rings is 1. The Kier molecular flexibility index (Phi) is 4.10. The Labute approximate surface area is 123 Å². The molecule has 0 N–H and O–H groups in total. The molecule has 0 unspecified atom stereocenters. The number of ether oxygens (including phenoxy) is 2. The second kappa shape index (κ2) is 5.84. The van der Waals surface area contributed by atoms with E-state index in [1.54, 1.807) is 11.3 Å². The second-order valence-electron chi connectivity index (χ2n) is 5.67. The van der Waals surface area contributed by atoms with Gasteiger partial charge in [-0.15, -0.1) is 11.3 Å². The Balaban J connectivity index is 1.70. The molecule has 5 heteroatoms. The van der Waals surface area contributed by atoms with Crippen molar-refractivity contribution in [3.63, 3.8) is 0 Å². The maximum Gasteiger partial charge on any atom is 0.264 e. The van der Waals surface area contributed by atoms with Crippen molar-refractivity contribution in [1.82, 2.24) is 4.90 Å². The number of hydrogen-bond acceptors (Lipinski definition) is 4. The van der Waals surface area contributed by atoms with Gasteiger partial charge in [-0.3, -0.25) is 4.79 Å². The molecule has 0 aromatic carbocycles. The maximum atomic E-state index is 12.6. The molecule has 0 spiro atoms. The van der Waals surface area contributed by atoms with E-state index in [4.69, 9.17) is 9.47 Å². The first-order valence-corrected chi connectivity index (χ1v) is 8.11. The summed E-state index contributed by atoms with van der Waals surface area (Å²) < 4.78 is 11.4. The molecule has 0 radical (unpaired) electrons. The first kappa shape index (κ1) is 14.0. The van der Waals surface area contributed by atoms with Gasteiger partial charge in [0.1, 0.15) is 0 Å². The average Bonchev–Trinajstić information content (AvgIpc) is 3.07. The average molecular weight is 295 g/mol. The van der Waals surface area contributed by atoms with E-state index in [0.717, 1.165) is 24.3 Å². The molecule has 3 atom stereocenters. The van der Waals surface area contributed by atoms with Crippen LogP contribution in [0.25, 0.3) is 0 Å². The van der Waals surface area contributed by atoms with Crippen LogP contribution in [0.5, 0.6) is 0 Å². The molecule has 3 heterocycles. The molecule has 2 aliphatic rings. The number of hydrogen-bond donors (Lipinski definition) is 0. The van der Waals surface area contributed by atoms with Gasteiger partial charge in [-0.2, -0.15) is 0 Å². The number of amides is 1. The summed E-state index contributed by atoms with van der Waals surface area (Å²) in [5, 5.41) is 0. The van der Waals surface area contributed by atoms with Crippen LogP contribution in [0.1, 0.15) is 47.3 Å². The molecule has 110 valence electrons. The largest absolute Gasteiger partial charge is 0.373 e. The molecular weight excluding hydrogens is 274 g/mol. The Morgan fingerprint density at radius 3 is 2.70 bits per heavy atom. The van der Waals surface area contributed by atoms with Crippen molar-refractivity contribution >= 4 is 17.2 Å². The van der Waals surface area contributed by atoms with Crippen LogP contribution in [0.4, 0.5) is 0 Å². The number of thiophene rings is 1. The lowest BCUT2D eigenvalue weighted by Gasteiger charge is -2.35. The first-order valence-electron chi connectivity index (χ1n) is 7.29. The van der Waals surface area contributed by atoms with E-state index >= 15 is 0 Å². The molecule has 1 aromatic heterocycles. The maximum absolute atomic E-state index is 12.6. The topological polar surface area (TPSA) is 38.8 Å². The standard InChI is InChI=1S/C15H21NO3S/c1-10-8-16(9-11(2)19-10)15(17)14-6-5-13(20-14)12-4-3-7-18-12/h5-6,10-12H,3-4,7-9H2,1-2H3/t10-,11+,12-/m0/s1. The van der Waals surface area contributed by atoms with Gasteiger partial charge in [0, 0.05) is 24.6 Å². The quantitative estimate of drug-likeness (QED) is 0.842. The van der Waals surface area contributed by atoms with Gasteiger partial charge in [0.15, 0.2) is 0 Å². The highest BCUT2D eigenvalue weighted by Gasteiger charge is 2.28. The van der Waals surface area contributed by atoms with E-state index in [1.165, 1.54) is 4.88 Å². The Bertz CT molecular complexity index is 471. The fraction of sp³-hybridized carbons (Fsp3) is 0.667. The monoisotopic (exact) mass is 295 g/mol. The summed E-state index contributed by atoms with van der Waals surface area (Å²) in [5.74, 6) is 0.126. The number of carbonyl (C=O) groups is 1. The Morgan fingerprint density at radius 1 is 1.30 bits per heavy atom. The summed E-state index contributed by atoms with van der Waals surface area (Å²) in [6, 6.07) is 3.98. The number of nitrogens with zero attached hydrogens (tertiary/aromatic N) is 1. The van der Waals surface area contributed by atoms with Gasteiger partial charge in [-0.1, -0.05) is 0 Å². The molecular formula is C15H21NO3S. The molecule has 2 fully saturated rings. The minimum Gasteiger partial charge on any atom is -0.373 e. The SMILES string of the molecule is C[C@@H]1CN(C(=O)c2ccc([C@@H]3CCCO3)s2)C[C@H](C)O1. The lowest BCUT2D eigenvalue weighted by Crippen LogP contribution is -2.48. The zero-order chi connectivity index (χ0) is 14.1. The fourth-order valence-electron chi connectivity index (χ4n) is 2.94. The van der Waals surface area contributed by atoms with E-state index in [-0.39, 0.29) is 24.2 Å². The van der Waals surface area contributed by atoms with Gasteiger partial charge in [0.2, 0.25) is 0 Å².